The Labute approximate surface area is 157 Å². The van der Waals surface area contributed by atoms with Crippen LogP contribution in [0.25, 0.3) is 0 Å². The summed E-state index contributed by atoms with van der Waals surface area (Å²) in [5.41, 5.74) is 2.23. The highest BCUT2D eigenvalue weighted by molar-refractivity contribution is 5.49. The number of fused-ring (bicyclic) bond motifs is 1. The van der Waals surface area contributed by atoms with Gasteiger partial charge < -0.3 is 24.8 Å². The van der Waals surface area contributed by atoms with E-state index >= 15 is 0 Å². The Hall–Kier alpha value is -3.48. The van der Waals surface area contributed by atoms with Gasteiger partial charge in [0.25, 0.3) is 0 Å². The summed E-state index contributed by atoms with van der Waals surface area (Å²) in [6, 6.07) is 15.7. The van der Waals surface area contributed by atoms with Crippen molar-refractivity contribution in [2.24, 2.45) is 0 Å². The monoisotopic (exact) mass is 364 g/mol. The van der Waals surface area contributed by atoms with Crippen LogP contribution in [0.3, 0.4) is 0 Å². The lowest BCUT2D eigenvalue weighted by atomic mass is 10.2. The lowest BCUT2D eigenvalue weighted by Gasteiger charge is -2.09. The van der Waals surface area contributed by atoms with E-state index < -0.39 is 0 Å². The van der Waals surface area contributed by atoms with E-state index in [9.17, 15) is 0 Å². The summed E-state index contributed by atoms with van der Waals surface area (Å²) in [7, 11) is 1.66. The van der Waals surface area contributed by atoms with Crippen molar-refractivity contribution < 1.29 is 14.2 Å². The van der Waals surface area contributed by atoms with Crippen LogP contribution in [-0.4, -0.2) is 23.9 Å². The average Bonchev–Trinajstić information content (AvgIpc) is 3.19. The molecule has 0 radical (unpaired) electrons. The summed E-state index contributed by atoms with van der Waals surface area (Å²) in [6.07, 6.45) is 1.54. The SMILES string of the molecule is COc1ccc(CNc2cc(NCc3ccc4c(c3)OCO4)ncn2)cc1. The van der Waals surface area contributed by atoms with Crippen LogP contribution < -0.4 is 24.8 Å². The standard InChI is InChI=1S/C20H20N4O3/c1-25-16-5-2-14(3-6-16)10-21-19-9-20(24-12-23-19)22-11-15-4-7-17-18(8-15)27-13-26-17/h2-9,12H,10-11,13H2,1H3,(H2,21,22,23,24). The Bertz CT molecular complexity index is 915. The lowest BCUT2D eigenvalue weighted by Crippen LogP contribution is -2.05. The molecule has 0 saturated carbocycles. The smallest absolute Gasteiger partial charge is 0.231 e. The number of nitrogens with zero attached hydrogens (tertiary/aromatic N) is 2. The van der Waals surface area contributed by atoms with Crippen LogP contribution in [-0.2, 0) is 13.1 Å². The summed E-state index contributed by atoms with van der Waals surface area (Å²) >= 11 is 0. The minimum atomic E-state index is 0.279. The van der Waals surface area contributed by atoms with E-state index in [0.29, 0.717) is 13.1 Å². The highest BCUT2D eigenvalue weighted by Gasteiger charge is 2.13. The zero-order valence-electron chi connectivity index (χ0n) is 14.9. The molecule has 0 fully saturated rings. The van der Waals surface area contributed by atoms with E-state index in [1.165, 1.54) is 0 Å². The quantitative estimate of drug-likeness (QED) is 0.665. The number of ether oxygens (including phenoxy) is 3. The highest BCUT2D eigenvalue weighted by Crippen LogP contribution is 2.32. The first-order chi connectivity index (χ1) is 13.3. The number of methoxy groups -OCH3 is 1. The molecule has 1 aliphatic heterocycles. The molecule has 3 aromatic rings. The fraction of sp³-hybridized carbons (Fsp3) is 0.200. The van der Waals surface area contributed by atoms with Gasteiger partial charge in [0.2, 0.25) is 6.79 Å². The van der Waals surface area contributed by atoms with Crippen LogP contribution in [0, 0.1) is 0 Å². The summed E-state index contributed by atoms with van der Waals surface area (Å²) < 4.78 is 15.9. The van der Waals surface area contributed by atoms with Crippen LogP contribution in [0.15, 0.2) is 54.9 Å². The maximum atomic E-state index is 5.41. The average molecular weight is 364 g/mol. The van der Waals surface area contributed by atoms with Crippen molar-refractivity contribution >= 4 is 11.6 Å². The number of anilines is 2. The molecule has 0 aliphatic carbocycles. The van der Waals surface area contributed by atoms with Crippen molar-refractivity contribution in [3.8, 4) is 17.2 Å². The zero-order chi connectivity index (χ0) is 18.5. The predicted octanol–water partition coefficient (Wildman–Crippen LogP) is 3.44. The summed E-state index contributed by atoms with van der Waals surface area (Å²) in [5.74, 6) is 3.91. The van der Waals surface area contributed by atoms with E-state index in [-0.39, 0.29) is 6.79 Å². The third-order valence-electron chi connectivity index (χ3n) is 4.21. The van der Waals surface area contributed by atoms with Gasteiger partial charge in [0, 0.05) is 19.2 Å². The molecular weight excluding hydrogens is 344 g/mol. The normalized spacial score (nSPS) is 11.9. The molecule has 1 aliphatic rings. The molecule has 7 heteroatoms. The molecule has 0 spiro atoms. The molecule has 2 N–H and O–H groups in total. The van der Waals surface area contributed by atoms with Gasteiger partial charge in [-0.1, -0.05) is 18.2 Å². The van der Waals surface area contributed by atoms with Gasteiger partial charge in [-0.2, -0.15) is 0 Å². The molecule has 0 saturated heterocycles. The molecule has 2 aromatic carbocycles. The Morgan fingerprint density at radius 2 is 1.52 bits per heavy atom. The van der Waals surface area contributed by atoms with Gasteiger partial charge in [-0.3, -0.25) is 0 Å². The number of nitrogens with one attached hydrogen (secondary N) is 2. The van der Waals surface area contributed by atoms with Crippen LogP contribution in [0.4, 0.5) is 11.6 Å². The first-order valence-corrected chi connectivity index (χ1v) is 8.61. The first-order valence-electron chi connectivity index (χ1n) is 8.61. The maximum absolute atomic E-state index is 5.41. The summed E-state index contributed by atoms with van der Waals surface area (Å²) in [6.45, 7) is 1.58. The third kappa shape index (κ3) is 4.20. The van der Waals surface area contributed by atoms with E-state index in [4.69, 9.17) is 14.2 Å². The van der Waals surface area contributed by atoms with Gasteiger partial charge in [0.15, 0.2) is 11.5 Å². The lowest BCUT2D eigenvalue weighted by molar-refractivity contribution is 0.174. The zero-order valence-corrected chi connectivity index (χ0v) is 14.9. The van der Waals surface area contributed by atoms with Gasteiger partial charge in [0.1, 0.15) is 23.7 Å². The van der Waals surface area contributed by atoms with E-state index in [1.807, 2.05) is 48.5 Å². The molecule has 1 aromatic heterocycles. The Kier molecular flexibility index (Phi) is 4.91. The van der Waals surface area contributed by atoms with Crippen molar-refractivity contribution in [2.75, 3.05) is 24.5 Å². The van der Waals surface area contributed by atoms with Crippen molar-refractivity contribution in [1.82, 2.24) is 9.97 Å². The third-order valence-corrected chi connectivity index (χ3v) is 4.21. The van der Waals surface area contributed by atoms with Gasteiger partial charge in [-0.05, 0) is 35.4 Å². The number of rotatable bonds is 7. The summed E-state index contributed by atoms with van der Waals surface area (Å²) in [5, 5.41) is 6.60. The van der Waals surface area contributed by atoms with Gasteiger partial charge >= 0.3 is 0 Å². The second-order valence-corrected chi connectivity index (χ2v) is 6.03. The van der Waals surface area contributed by atoms with E-state index in [2.05, 4.69) is 20.6 Å². The van der Waals surface area contributed by atoms with E-state index in [0.717, 1.165) is 40.0 Å². The molecular formula is C20H20N4O3. The minimum Gasteiger partial charge on any atom is -0.497 e. The van der Waals surface area contributed by atoms with Crippen LogP contribution in [0.1, 0.15) is 11.1 Å². The maximum Gasteiger partial charge on any atom is 0.231 e. The Balaban J connectivity index is 1.34. The second kappa shape index (κ2) is 7.82. The molecule has 4 rings (SSSR count). The molecule has 27 heavy (non-hydrogen) atoms. The number of aromatic nitrogens is 2. The minimum absolute atomic E-state index is 0.279. The highest BCUT2D eigenvalue weighted by atomic mass is 16.7. The summed E-state index contributed by atoms with van der Waals surface area (Å²) in [4.78, 5) is 8.54. The number of hydrogen-bond donors (Lipinski definition) is 2. The number of hydrogen-bond acceptors (Lipinski definition) is 7. The molecule has 7 nitrogen and oxygen atoms in total. The van der Waals surface area contributed by atoms with E-state index in [1.54, 1.807) is 13.4 Å². The molecule has 0 amide bonds. The fourth-order valence-electron chi connectivity index (χ4n) is 2.73. The predicted molar refractivity (Wildman–Crippen MR) is 102 cm³/mol. The second-order valence-electron chi connectivity index (χ2n) is 6.03. The van der Waals surface area contributed by atoms with Crippen molar-refractivity contribution in [1.29, 1.82) is 0 Å². The topological polar surface area (TPSA) is 77.5 Å². The van der Waals surface area contributed by atoms with Gasteiger partial charge in [-0.15, -0.1) is 0 Å². The Morgan fingerprint density at radius 3 is 2.26 bits per heavy atom. The van der Waals surface area contributed by atoms with Crippen LogP contribution in [0.5, 0.6) is 17.2 Å². The van der Waals surface area contributed by atoms with Crippen molar-refractivity contribution in [2.45, 2.75) is 13.1 Å². The first kappa shape index (κ1) is 17.0. The molecule has 0 atom stereocenters. The molecule has 0 bridgehead atoms. The van der Waals surface area contributed by atoms with Crippen molar-refractivity contribution in [3.05, 3.63) is 66.0 Å². The van der Waals surface area contributed by atoms with Crippen molar-refractivity contribution in [3.63, 3.8) is 0 Å². The molecule has 0 unspecified atom stereocenters. The van der Waals surface area contributed by atoms with Gasteiger partial charge in [-0.25, -0.2) is 9.97 Å². The fourth-order valence-corrected chi connectivity index (χ4v) is 2.73. The largest absolute Gasteiger partial charge is 0.497 e. The number of benzene rings is 2. The van der Waals surface area contributed by atoms with Crippen LogP contribution >= 0.6 is 0 Å². The molecule has 2 heterocycles. The van der Waals surface area contributed by atoms with Crippen LogP contribution in [0.2, 0.25) is 0 Å². The van der Waals surface area contributed by atoms with Gasteiger partial charge in [0.05, 0.1) is 7.11 Å². The Morgan fingerprint density at radius 1 is 0.852 bits per heavy atom. The molecule has 138 valence electrons.